The van der Waals surface area contributed by atoms with Crippen LogP contribution >= 0.6 is 0 Å². The van der Waals surface area contributed by atoms with Crippen molar-refractivity contribution in [2.75, 3.05) is 0 Å². The molecule has 128 valence electrons. The zero-order chi connectivity index (χ0) is 16.4. The summed E-state index contributed by atoms with van der Waals surface area (Å²) >= 11 is 0. The summed E-state index contributed by atoms with van der Waals surface area (Å²) in [5.74, 6) is 2.45. The number of fused-ring (bicyclic) bond motifs is 5. The number of rotatable bonds is 0. The van der Waals surface area contributed by atoms with Gasteiger partial charge in [0.25, 0.3) is 0 Å². The van der Waals surface area contributed by atoms with Gasteiger partial charge in [-0.1, -0.05) is 13.8 Å². The fourth-order valence-electron chi connectivity index (χ4n) is 7.11. The van der Waals surface area contributed by atoms with Crippen molar-refractivity contribution in [3.8, 4) is 0 Å². The third-order valence-electron chi connectivity index (χ3n) is 8.51. The smallest absolute Gasteiger partial charge is 0.161 e. The van der Waals surface area contributed by atoms with Crippen LogP contribution in [0.25, 0.3) is 0 Å². The van der Waals surface area contributed by atoms with E-state index in [4.69, 9.17) is 0 Å². The molecule has 0 spiro atoms. The van der Waals surface area contributed by atoms with Gasteiger partial charge in [-0.2, -0.15) is 0 Å². The molecule has 0 aromatic heterocycles. The van der Waals surface area contributed by atoms with Gasteiger partial charge in [-0.05, 0) is 74.0 Å². The average Bonchev–Trinajstić information content (AvgIpc) is 2.52. The van der Waals surface area contributed by atoms with Crippen LogP contribution in [-0.2, 0) is 9.59 Å². The lowest BCUT2D eigenvalue weighted by Gasteiger charge is -2.61. The highest BCUT2D eigenvalue weighted by molar-refractivity contribution is 5.86. The second-order valence-corrected chi connectivity index (χ2v) is 9.25. The first-order chi connectivity index (χ1) is 10.9. The minimum absolute atomic E-state index is 0.0550. The Hall–Kier alpha value is -0.700. The molecule has 0 unspecified atom stereocenters. The predicted molar refractivity (Wildman–Crippen MR) is 87.7 cm³/mol. The summed E-state index contributed by atoms with van der Waals surface area (Å²) in [6, 6.07) is 0. The van der Waals surface area contributed by atoms with Gasteiger partial charge in [-0.25, -0.2) is 0 Å². The molecule has 4 fully saturated rings. The van der Waals surface area contributed by atoms with Crippen molar-refractivity contribution in [3.63, 3.8) is 0 Å². The van der Waals surface area contributed by atoms with E-state index in [0.29, 0.717) is 30.0 Å². The number of hydrogen-bond donors (Lipinski definition) is 1. The third-order valence-corrected chi connectivity index (χ3v) is 8.51. The standard InChI is InChI=1S/C20H30O3/c1-19-11-9-16(21)18(23)15(19)7-6-12-13-4-3-5-17(22)20(13,2)10-8-14(12)19/h12-15,18,23H,3-11H2,1-2H3/t12-,13-,14-,15-,18+,19-,20+/m0/s1. The van der Waals surface area contributed by atoms with Crippen LogP contribution in [0, 0.1) is 34.5 Å². The van der Waals surface area contributed by atoms with Crippen LogP contribution in [0.15, 0.2) is 0 Å². The van der Waals surface area contributed by atoms with Crippen molar-refractivity contribution in [1.82, 2.24) is 0 Å². The van der Waals surface area contributed by atoms with E-state index in [1.165, 1.54) is 6.42 Å². The number of aliphatic hydroxyl groups excluding tert-OH is 1. The van der Waals surface area contributed by atoms with Gasteiger partial charge in [0.2, 0.25) is 0 Å². The van der Waals surface area contributed by atoms with E-state index in [1.807, 2.05) is 0 Å². The third kappa shape index (κ3) is 2.04. The first-order valence-corrected chi connectivity index (χ1v) is 9.62. The molecule has 4 aliphatic carbocycles. The lowest BCUT2D eigenvalue weighted by Crippen LogP contribution is -2.59. The minimum Gasteiger partial charge on any atom is -0.385 e. The second-order valence-electron chi connectivity index (χ2n) is 9.25. The van der Waals surface area contributed by atoms with Gasteiger partial charge in [0.1, 0.15) is 11.9 Å². The molecule has 3 heteroatoms. The molecule has 3 nitrogen and oxygen atoms in total. The molecule has 0 aliphatic heterocycles. The maximum absolute atomic E-state index is 12.6. The Morgan fingerprint density at radius 3 is 2.48 bits per heavy atom. The summed E-state index contributed by atoms with van der Waals surface area (Å²) in [5.41, 5.74) is 0.00375. The Kier molecular flexibility index (Phi) is 3.54. The van der Waals surface area contributed by atoms with E-state index >= 15 is 0 Å². The van der Waals surface area contributed by atoms with E-state index in [9.17, 15) is 14.7 Å². The summed E-state index contributed by atoms with van der Waals surface area (Å²) in [7, 11) is 0. The predicted octanol–water partition coefficient (Wildman–Crippen LogP) is 3.53. The zero-order valence-corrected chi connectivity index (χ0v) is 14.5. The van der Waals surface area contributed by atoms with Crippen LogP contribution in [0.3, 0.4) is 0 Å². The maximum Gasteiger partial charge on any atom is 0.161 e. The lowest BCUT2D eigenvalue weighted by atomic mass is 9.42. The van der Waals surface area contributed by atoms with Crippen LogP contribution in [0.2, 0.25) is 0 Å². The summed E-state index contributed by atoms with van der Waals surface area (Å²) in [5, 5.41) is 10.4. The van der Waals surface area contributed by atoms with Gasteiger partial charge in [0, 0.05) is 18.3 Å². The highest BCUT2D eigenvalue weighted by Gasteiger charge is 2.60. The monoisotopic (exact) mass is 318 g/mol. The van der Waals surface area contributed by atoms with Crippen LogP contribution in [-0.4, -0.2) is 22.8 Å². The highest BCUT2D eigenvalue weighted by Crippen LogP contribution is 2.64. The zero-order valence-electron chi connectivity index (χ0n) is 14.5. The van der Waals surface area contributed by atoms with Crippen molar-refractivity contribution < 1.29 is 14.7 Å². The molecule has 0 saturated heterocycles. The molecule has 0 amide bonds. The topological polar surface area (TPSA) is 54.4 Å². The van der Waals surface area contributed by atoms with E-state index in [2.05, 4.69) is 13.8 Å². The molecular formula is C20H30O3. The van der Waals surface area contributed by atoms with Gasteiger partial charge in [-0.3, -0.25) is 9.59 Å². The molecule has 0 heterocycles. The Balaban J connectivity index is 1.66. The average molecular weight is 318 g/mol. The Bertz CT molecular complexity index is 541. The molecule has 0 aromatic carbocycles. The van der Waals surface area contributed by atoms with E-state index < -0.39 is 6.10 Å². The summed E-state index contributed by atoms with van der Waals surface area (Å²) in [6.45, 7) is 4.56. The van der Waals surface area contributed by atoms with Gasteiger partial charge in [-0.15, -0.1) is 0 Å². The van der Waals surface area contributed by atoms with Crippen molar-refractivity contribution in [1.29, 1.82) is 0 Å². The first-order valence-electron chi connectivity index (χ1n) is 9.62. The molecule has 0 bridgehead atoms. The molecular weight excluding hydrogens is 288 g/mol. The minimum atomic E-state index is -0.740. The molecule has 23 heavy (non-hydrogen) atoms. The van der Waals surface area contributed by atoms with Crippen LogP contribution in [0.1, 0.15) is 71.6 Å². The maximum atomic E-state index is 12.6. The molecule has 0 aromatic rings. The Morgan fingerprint density at radius 2 is 1.70 bits per heavy atom. The highest BCUT2D eigenvalue weighted by atomic mass is 16.3. The Labute approximate surface area is 139 Å². The number of aliphatic hydroxyl groups is 1. The van der Waals surface area contributed by atoms with E-state index in [0.717, 1.165) is 44.9 Å². The summed E-state index contributed by atoms with van der Waals surface area (Å²) in [4.78, 5) is 24.6. The number of hydrogen-bond acceptors (Lipinski definition) is 3. The number of Topliss-reactive ketones (excluding diaryl/α,β-unsaturated/α-hetero) is 2. The summed E-state index contributed by atoms with van der Waals surface area (Å²) in [6.07, 6.45) is 7.96. The fraction of sp³-hybridized carbons (Fsp3) is 0.900. The van der Waals surface area contributed by atoms with Gasteiger partial charge >= 0.3 is 0 Å². The molecule has 4 aliphatic rings. The van der Waals surface area contributed by atoms with Crippen LogP contribution < -0.4 is 0 Å². The van der Waals surface area contributed by atoms with Crippen LogP contribution in [0.5, 0.6) is 0 Å². The first kappa shape index (κ1) is 15.8. The summed E-state index contributed by atoms with van der Waals surface area (Å²) < 4.78 is 0. The van der Waals surface area contributed by atoms with Crippen molar-refractivity contribution in [2.45, 2.75) is 77.7 Å². The second kappa shape index (κ2) is 5.15. The Morgan fingerprint density at radius 1 is 0.913 bits per heavy atom. The molecule has 4 saturated carbocycles. The number of carbonyl (C=O) groups is 2. The molecule has 7 atom stereocenters. The SMILES string of the molecule is C[C@@]12CCC(=O)[C@H](O)[C@@H]1CC[C@@H]1[C@@H]2CC[C@@]2(C)C(=O)CCC[C@@H]12. The van der Waals surface area contributed by atoms with Crippen molar-refractivity contribution >= 4 is 11.6 Å². The van der Waals surface area contributed by atoms with E-state index in [1.54, 1.807) is 0 Å². The van der Waals surface area contributed by atoms with E-state index in [-0.39, 0.29) is 22.5 Å². The molecule has 1 N–H and O–H groups in total. The largest absolute Gasteiger partial charge is 0.385 e. The molecule has 4 rings (SSSR count). The number of carbonyl (C=O) groups excluding carboxylic acids is 2. The molecule has 0 radical (unpaired) electrons. The van der Waals surface area contributed by atoms with Crippen molar-refractivity contribution in [3.05, 3.63) is 0 Å². The van der Waals surface area contributed by atoms with Gasteiger partial charge < -0.3 is 5.11 Å². The number of ketones is 2. The van der Waals surface area contributed by atoms with Crippen LogP contribution in [0.4, 0.5) is 0 Å². The normalized spacial score (nSPS) is 53.3. The fourth-order valence-corrected chi connectivity index (χ4v) is 7.11. The van der Waals surface area contributed by atoms with Crippen molar-refractivity contribution in [2.24, 2.45) is 34.5 Å². The quantitative estimate of drug-likeness (QED) is 0.743. The van der Waals surface area contributed by atoms with Gasteiger partial charge in [0.05, 0.1) is 0 Å². The van der Waals surface area contributed by atoms with Gasteiger partial charge in [0.15, 0.2) is 5.78 Å². The lowest BCUT2D eigenvalue weighted by molar-refractivity contribution is -0.170.